The van der Waals surface area contributed by atoms with Crippen molar-refractivity contribution < 1.29 is 18.0 Å². The molecule has 0 saturated heterocycles. The zero-order valence-electron chi connectivity index (χ0n) is 13.6. The number of rotatable bonds is 5. The molecule has 0 aliphatic carbocycles. The Hall–Kier alpha value is -3.16. The van der Waals surface area contributed by atoms with Crippen molar-refractivity contribution in [1.82, 2.24) is 19.9 Å². The topological polar surface area (TPSA) is 59.8 Å². The van der Waals surface area contributed by atoms with Crippen LogP contribution in [0.2, 0.25) is 0 Å². The summed E-state index contributed by atoms with van der Waals surface area (Å²) in [5, 5.41) is 2.63. The van der Waals surface area contributed by atoms with Crippen molar-refractivity contribution in [3.8, 4) is 0 Å². The number of carbonyl (C=O) groups is 1. The van der Waals surface area contributed by atoms with Crippen molar-refractivity contribution in [2.45, 2.75) is 19.3 Å². The highest BCUT2D eigenvalue weighted by atomic mass is 19.4. The summed E-state index contributed by atoms with van der Waals surface area (Å²) < 4.78 is 39.9. The lowest BCUT2D eigenvalue weighted by Crippen LogP contribution is -2.25. The van der Waals surface area contributed by atoms with Crippen molar-refractivity contribution in [2.24, 2.45) is 0 Å². The fraction of sp³-hybridized carbons (Fsp3) is 0.167. The summed E-state index contributed by atoms with van der Waals surface area (Å²) in [6.07, 6.45) is 2.68. The maximum atomic E-state index is 12.7. The molecule has 0 saturated carbocycles. The number of aromatic nitrogens is 3. The van der Waals surface area contributed by atoms with E-state index in [-0.39, 0.29) is 18.0 Å². The number of halogens is 3. The minimum absolute atomic E-state index is 0.0454. The summed E-state index contributed by atoms with van der Waals surface area (Å²) in [6, 6.07) is 8.05. The van der Waals surface area contributed by atoms with Crippen LogP contribution in [0.1, 0.15) is 27.2 Å². The van der Waals surface area contributed by atoms with Gasteiger partial charge in [-0.15, -0.1) is 0 Å². The van der Waals surface area contributed by atoms with E-state index in [9.17, 15) is 18.0 Å². The summed E-state index contributed by atoms with van der Waals surface area (Å²) in [7, 11) is 0. The first-order valence-corrected chi connectivity index (χ1v) is 7.77. The first-order valence-electron chi connectivity index (χ1n) is 7.77. The molecule has 3 aromatic heterocycles. The molecule has 8 heteroatoms. The first-order chi connectivity index (χ1) is 12.4. The van der Waals surface area contributed by atoms with Gasteiger partial charge in [-0.25, -0.2) is 0 Å². The second-order valence-electron chi connectivity index (χ2n) is 5.64. The molecule has 3 aromatic rings. The van der Waals surface area contributed by atoms with Gasteiger partial charge in [-0.2, -0.15) is 13.2 Å². The zero-order chi connectivity index (χ0) is 18.6. The molecule has 26 heavy (non-hydrogen) atoms. The number of pyridine rings is 2. The van der Waals surface area contributed by atoms with Crippen LogP contribution >= 0.6 is 0 Å². The molecule has 0 aliphatic rings. The second-order valence-corrected chi connectivity index (χ2v) is 5.64. The first kappa shape index (κ1) is 17.7. The summed E-state index contributed by atoms with van der Waals surface area (Å²) in [5.41, 5.74) is 0.833. The van der Waals surface area contributed by atoms with Gasteiger partial charge >= 0.3 is 6.18 Å². The Morgan fingerprint density at radius 2 is 1.85 bits per heavy atom. The Balaban J connectivity index is 1.67. The number of hydrogen-bond donors (Lipinski definition) is 1. The molecular weight excluding hydrogens is 345 g/mol. The standard InChI is InChI=1S/C18H15F3N4O/c19-18(20,21)15-8-14(9-23-11-15)10-24-17(26)16-2-1-7-25(16)12-13-3-5-22-6-4-13/h1-9,11H,10,12H2,(H,24,26). The van der Waals surface area contributed by atoms with Crippen molar-refractivity contribution in [3.05, 3.63) is 83.7 Å². The summed E-state index contributed by atoms with van der Waals surface area (Å²) in [5.74, 6) is -0.374. The van der Waals surface area contributed by atoms with Gasteiger partial charge in [0.1, 0.15) is 5.69 Å². The number of nitrogens with zero attached hydrogens (tertiary/aromatic N) is 3. The van der Waals surface area contributed by atoms with Crippen LogP contribution in [-0.2, 0) is 19.3 Å². The summed E-state index contributed by atoms with van der Waals surface area (Å²) >= 11 is 0. The molecule has 0 atom stereocenters. The maximum Gasteiger partial charge on any atom is 0.417 e. The van der Waals surface area contributed by atoms with Gasteiger partial charge in [0, 0.05) is 44.1 Å². The number of amides is 1. The molecule has 0 radical (unpaired) electrons. The zero-order valence-corrected chi connectivity index (χ0v) is 13.6. The number of alkyl halides is 3. The van der Waals surface area contributed by atoms with Gasteiger partial charge < -0.3 is 9.88 Å². The minimum atomic E-state index is -4.47. The Kier molecular flexibility index (Phi) is 5.01. The molecule has 1 N–H and O–H groups in total. The van der Waals surface area contributed by atoms with Crippen molar-refractivity contribution in [1.29, 1.82) is 0 Å². The molecule has 0 fully saturated rings. The summed E-state index contributed by atoms with van der Waals surface area (Å²) in [6.45, 7) is 0.444. The third kappa shape index (κ3) is 4.27. The molecule has 3 heterocycles. The van der Waals surface area contributed by atoms with Crippen LogP contribution in [0, 0.1) is 0 Å². The molecule has 1 amide bonds. The van der Waals surface area contributed by atoms with Gasteiger partial charge in [-0.05, 0) is 41.5 Å². The van der Waals surface area contributed by atoms with Crippen LogP contribution in [-0.4, -0.2) is 20.4 Å². The number of nitrogens with one attached hydrogen (secondary N) is 1. The molecule has 0 unspecified atom stereocenters. The molecule has 0 bridgehead atoms. The summed E-state index contributed by atoms with van der Waals surface area (Å²) in [4.78, 5) is 19.9. The van der Waals surface area contributed by atoms with Gasteiger partial charge in [-0.1, -0.05) is 0 Å². The van der Waals surface area contributed by atoms with Crippen molar-refractivity contribution in [3.63, 3.8) is 0 Å². The van der Waals surface area contributed by atoms with Gasteiger partial charge in [0.15, 0.2) is 0 Å². The second kappa shape index (κ2) is 7.38. The fourth-order valence-electron chi connectivity index (χ4n) is 2.46. The lowest BCUT2D eigenvalue weighted by atomic mass is 10.2. The van der Waals surface area contributed by atoms with E-state index in [0.717, 1.165) is 17.8 Å². The molecule has 0 aromatic carbocycles. The van der Waals surface area contributed by atoms with Gasteiger partial charge in [0.05, 0.1) is 5.56 Å². The Morgan fingerprint density at radius 3 is 2.58 bits per heavy atom. The molecule has 134 valence electrons. The monoisotopic (exact) mass is 360 g/mol. The van der Waals surface area contributed by atoms with E-state index in [1.807, 2.05) is 12.1 Å². The average Bonchev–Trinajstić information content (AvgIpc) is 3.08. The van der Waals surface area contributed by atoms with E-state index >= 15 is 0 Å². The van der Waals surface area contributed by atoms with Crippen LogP contribution < -0.4 is 5.32 Å². The quantitative estimate of drug-likeness (QED) is 0.760. The predicted octanol–water partition coefficient (Wildman–Crippen LogP) is 3.28. The van der Waals surface area contributed by atoms with Gasteiger partial charge in [0.25, 0.3) is 5.91 Å². The van der Waals surface area contributed by atoms with Crippen LogP contribution in [0.15, 0.2) is 61.3 Å². The number of hydrogen-bond acceptors (Lipinski definition) is 3. The lowest BCUT2D eigenvalue weighted by molar-refractivity contribution is -0.137. The smallest absolute Gasteiger partial charge is 0.347 e. The lowest BCUT2D eigenvalue weighted by Gasteiger charge is -2.11. The van der Waals surface area contributed by atoms with Crippen LogP contribution in [0.3, 0.4) is 0 Å². The molecule has 3 rings (SSSR count). The largest absolute Gasteiger partial charge is 0.417 e. The van der Waals surface area contributed by atoms with Crippen LogP contribution in [0.4, 0.5) is 13.2 Å². The van der Waals surface area contributed by atoms with E-state index < -0.39 is 11.7 Å². The third-order valence-corrected chi connectivity index (χ3v) is 3.74. The molecule has 5 nitrogen and oxygen atoms in total. The SMILES string of the molecule is O=C(NCc1cncc(C(F)(F)F)c1)c1cccn1Cc1ccncc1. The highest BCUT2D eigenvalue weighted by molar-refractivity contribution is 5.92. The predicted molar refractivity (Wildman–Crippen MR) is 88.2 cm³/mol. The molecule has 0 aliphatic heterocycles. The van der Waals surface area contributed by atoms with E-state index in [1.165, 1.54) is 6.20 Å². The third-order valence-electron chi connectivity index (χ3n) is 3.74. The van der Waals surface area contributed by atoms with Gasteiger partial charge in [-0.3, -0.25) is 14.8 Å². The Morgan fingerprint density at radius 1 is 1.08 bits per heavy atom. The Bertz CT molecular complexity index is 891. The van der Waals surface area contributed by atoms with E-state index in [0.29, 0.717) is 12.2 Å². The normalized spacial score (nSPS) is 11.3. The van der Waals surface area contributed by atoms with E-state index in [1.54, 1.807) is 35.3 Å². The fourth-order valence-corrected chi connectivity index (χ4v) is 2.46. The van der Waals surface area contributed by atoms with E-state index in [4.69, 9.17) is 0 Å². The Labute approximate surface area is 147 Å². The van der Waals surface area contributed by atoms with Crippen LogP contribution in [0.25, 0.3) is 0 Å². The average molecular weight is 360 g/mol. The number of carbonyl (C=O) groups excluding carboxylic acids is 1. The van der Waals surface area contributed by atoms with Crippen molar-refractivity contribution in [2.75, 3.05) is 0 Å². The molecule has 0 spiro atoms. The highest BCUT2D eigenvalue weighted by Crippen LogP contribution is 2.28. The van der Waals surface area contributed by atoms with Crippen LogP contribution in [0.5, 0.6) is 0 Å². The minimum Gasteiger partial charge on any atom is -0.347 e. The van der Waals surface area contributed by atoms with Gasteiger partial charge in [0.2, 0.25) is 0 Å². The van der Waals surface area contributed by atoms with E-state index in [2.05, 4.69) is 15.3 Å². The maximum absolute atomic E-state index is 12.7. The molecular formula is C18H15F3N4O. The van der Waals surface area contributed by atoms with Crippen molar-refractivity contribution >= 4 is 5.91 Å². The highest BCUT2D eigenvalue weighted by Gasteiger charge is 2.31.